The van der Waals surface area contributed by atoms with Crippen LogP contribution in [0.1, 0.15) is 24.7 Å². The highest BCUT2D eigenvalue weighted by molar-refractivity contribution is 5.76. The van der Waals surface area contributed by atoms with Gasteiger partial charge in [0.05, 0.1) is 23.5 Å². The van der Waals surface area contributed by atoms with Crippen LogP contribution in [-0.4, -0.2) is 29.8 Å². The summed E-state index contributed by atoms with van der Waals surface area (Å²) in [6.07, 6.45) is 2.06. The highest BCUT2D eigenvalue weighted by Crippen LogP contribution is 2.34. The van der Waals surface area contributed by atoms with Crippen molar-refractivity contribution >= 4 is 10.9 Å². The van der Waals surface area contributed by atoms with E-state index in [4.69, 9.17) is 0 Å². The molecule has 0 radical (unpaired) electrons. The fourth-order valence-corrected chi connectivity index (χ4v) is 2.40. The minimum Gasteiger partial charge on any atom is -0.307 e. The van der Waals surface area contributed by atoms with Crippen LogP contribution in [0.4, 0.5) is 0 Å². The number of hydrogen-bond acceptors (Lipinski definition) is 5. The van der Waals surface area contributed by atoms with Gasteiger partial charge in [-0.25, -0.2) is 9.48 Å². The quantitative estimate of drug-likeness (QED) is 0.733. The number of nitrogens with zero attached hydrogens (tertiary/aromatic N) is 5. The molecule has 1 aliphatic rings. The van der Waals surface area contributed by atoms with E-state index >= 15 is 0 Å². The molecule has 8 nitrogen and oxygen atoms in total. The Morgan fingerprint density at radius 1 is 1.24 bits per heavy atom. The van der Waals surface area contributed by atoms with Crippen molar-refractivity contribution in [3.05, 3.63) is 50.9 Å². The van der Waals surface area contributed by atoms with E-state index in [1.807, 2.05) is 0 Å². The molecular formula is C13H12N6O2. The van der Waals surface area contributed by atoms with Gasteiger partial charge in [0.2, 0.25) is 0 Å². The van der Waals surface area contributed by atoms with Crippen LogP contribution in [0, 0.1) is 0 Å². The Morgan fingerprint density at radius 2 is 2.05 bits per heavy atom. The minimum atomic E-state index is -0.455. The Bertz CT molecular complexity index is 933. The first-order chi connectivity index (χ1) is 10.2. The van der Waals surface area contributed by atoms with Gasteiger partial charge in [-0.05, 0) is 35.4 Å². The van der Waals surface area contributed by atoms with Crippen LogP contribution in [0.15, 0.2) is 33.9 Å². The number of benzene rings is 1. The average molecular weight is 284 g/mol. The molecule has 2 heterocycles. The van der Waals surface area contributed by atoms with Gasteiger partial charge < -0.3 is 4.98 Å². The number of tetrazole rings is 1. The van der Waals surface area contributed by atoms with Crippen LogP contribution in [0.5, 0.6) is 0 Å². The van der Waals surface area contributed by atoms with Gasteiger partial charge in [0, 0.05) is 0 Å². The van der Waals surface area contributed by atoms with Gasteiger partial charge >= 0.3 is 5.69 Å². The zero-order valence-electron chi connectivity index (χ0n) is 11.1. The number of hydrogen-bond donors (Lipinski definition) is 1. The fraction of sp³-hybridized carbons (Fsp3) is 0.308. The Morgan fingerprint density at radius 3 is 2.86 bits per heavy atom. The Labute approximate surface area is 118 Å². The van der Waals surface area contributed by atoms with Gasteiger partial charge in [-0.3, -0.25) is 9.36 Å². The molecule has 0 unspecified atom stereocenters. The minimum absolute atomic E-state index is 0.0719. The third kappa shape index (κ3) is 1.95. The normalized spacial score (nSPS) is 14.7. The Balaban J connectivity index is 1.85. The van der Waals surface area contributed by atoms with Crippen molar-refractivity contribution in [1.29, 1.82) is 0 Å². The van der Waals surface area contributed by atoms with E-state index in [0.29, 0.717) is 22.8 Å². The maximum atomic E-state index is 12.4. The predicted molar refractivity (Wildman–Crippen MR) is 74.0 cm³/mol. The summed E-state index contributed by atoms with van der Waals surface area (Å²) in [6, 6.07) is 7.23. The van der Waals surface area contributed by atoms with Gasteiger partial charge in [-0.2, -0.15) is 0 Å². The van der Waals surface area contributed by atoms with E-state index < -0.39 is 5.69 Å². The van der Waals surface area contributed by atoms with Gasteiger partial charge in [0.25, 0.3) is 5.56 Å². The highest BCUT2D eigenvalue weighted by atomic mass is 16.2. The highest BCUT2D eigenvalue weighted by Gasteiger charge is 2.28. The van der Waals surface area contributed by atoms with Crippen molar-refractivity contribution in [3.8, 4) is 0 Å². The lowest BCUT2D eigenvalue weighted by Crippen LogP contribution is -2.36. The van der Waals surface area contributed by atoms with Gasteiger partial charge in [0.1, 0.15) is 0 Å². The lowest BCUT2D eigenvalue weighted by atomic mass is 10.2. The molecule has 106 valence electrons. The molecule has 1 aromatic carbocycles. The smallest absolute Gasteiger partial charge is 0.307 e. The van der Waals surface area contributed by atoms with E-state index in [9.17, 15) is 9.59 Å². The van der Waals surface area contributed by atoms with Gasteiger partial charge in [0.15, 0.2) is 5.82 Å². The standard InChI is InChI=1S/C13H12N6O2/c20-12-9-3-1-2-4-10(9)14-13(21)18(12)7-11-15-16-17-19(11)8-5-6-8/h1-4,8H,5-7H2,(H,14,21). The second kappa shape index (κ2) is 4.37. The van der Waals surface area contributed by atoms with Crippen LogP contribution in [0.2, 0.25) is 0 Å². The van der Waals surface area contributed by atoms with Gasteiger partial charge in [-0.1, -0.05) is 12.1 Å². The predicted octanol–water partition coefficient (Wildman–Crippen LogP) is 0.0595. The van der Waals surface area contributed by atoms with E-state index in [1.165, 1.54) is 0 Å². The van der Waals surface area contributed by atoms with Crippen LogP contribution in [-0.2, 0) is 6.54 Å². The number of H-pyrrole nitrogens is 1. The molecule has 1 saturated carbocycles. The summed E-state index contributed by atoms with van der Waals surface area (Å²) in [7, 11) is 0. The molecule has 0 saturated heterocycles. The summed E-state index contributed by atoms with van der Waals surface area (Å²) in [5.41, 5.74) is -0.255. The molecule has 0 bridgehead atoms. The molecule has 1 N–H and O–H groups in total. The number of rotatable bonds is 3. The number of fused-ring (bicyclic) bond motifs is 1. The molecular weight excluding hydrogens is 272 g/mol. The van der Waals surface area contributed by atoms with E-state index in [1.54, 1.807) is 28.9 Å². The zero-order valence-corrected chi connectivity index (χ0v) is 11.1. The summed E-state index contributed by atoms with van der Waals surface area (Å²) in [5.74, 6) is 0.528. The van der Waals surface area contributed by atoms with Crippen molar-refractivity contribution < 1.29 is 0 Å². The monoisotopic (exact) mass is 284 g/mol. The topological polar surface area (TPSA) is 98.5 Å². The van der Waals surface area contributed by atoms with Crippen molar-refractivity contribution in [3.63, 3.8) is 0 Å². The molecule has 21 heavy (non-hydrogen) atoms. The summed E-state index contributed by atoms with van der Waals surface area (Å²) in [6.45, 7) is 0.0719. The van der Waals surface area contributed by atoms with Crippen molar-refractivity contribution in [1.82, 2.24) is 29.8 Å². The first-order valence-corrected chi connectivity index (χ1v) is 6.72. The van der Waals surface area contributed by atoms with Crippen molar-refractivity contribution in [2.45, 2.75) is 25.4 Å². The lowest BCUT2D eigenvalue weighted by molar-refractivity contribution is 0.556. The molecule has 0 atom stereocenters. The third-order valence-electron chi connectivity index (χ3n) is 3.64. The van der Waals surface area contributed by atoms with E-state index in [0.717, 1.165) is 17.4 Å². The van der Waals surface area contributed by atoms with Crippen LogP contribution in [0.25, 0.3) is 10.9 Å². The molecule has 4 rings (SSSR count). The molecule has 3 aromatic rings. The molecule has 0 amide bonds. The van der Waals surface area contributed by atoms with Crippen LogP contribution >= 0.6 is 0 Å². The first kappa shape index (κ1) is 12.0. The number of nitrogens with one attached hydrogen (secondary N) is 1. The molecule has 1 fully saturated rings. The van der Waals surface area contributed by atoms with E-state index in [2.05, 4.69) is 20.5 Å². The van der Waals surface area contributed by atoms with Crippen molar-refractivity contribution in [2.24, 2.45) is 0 Å². The maximum absolute atomic E-state index is 12.4. The van der Waals surface area contributed by atoms with E-state index in [-0.39, 0.29) is 12.1 Å². The van der Waals surface area contributed by atoms with Crippen molar-refractivity contribution in [2.75, 3.05) is 0 Å². The molecule has 0 spiro atoms. The van der Waals surface area contributed by atoms with Crippen LogP contribution in [0.3, 0.4) is 0 Å². The molecule has 0 aliphatic heterocycles. The van der Waals surface area contributed by atoms with Crippen LogP contribution < -0.4 is 11.2 Å². The summed E-state index contributed by atoms with van der Waals surface area (Å²) in [5, 5.41) is 12.0. The third-order valence-corrected chi connectivity index (χ3v) is 3.64. The largest absolute Gasteiger partial charge is 0.329 e. The maximum Gasteiger partial charge on any atom is 0.329 e. The Kier molecular flexibility index (Phi) is 2.50. The lowest BCUT2D eigenvalue weighted by Gasteiger charge is -2.06. The Hall–Kier alpha value is -2.77. The van der Waals surface area contributed by atoms with Gasteiger partial charge in [-0.15, -0.1) is 5.10 Å². The average Bonchev–Trinajstić information content (AvgIpc) is 3.23. The molecule has 8 heteroatoms. The molecule has 2 aromatic heterocycles. The summed E-state index contributed by atoms with van der Waals surface area (Å²) >= 11 is 0. The molecule has 1 aliphatic carbocycles. The summed E-state index contributed by atoms with van der Waals surface area (Å²) < 4.78 is 2.83. The second-order valence-corrected chi connectivity index (χ2v) is 5.14. The summed E-state index contributed by atoms with van der Waals surface area (Å²) in [4.78, 5) is 27.2. The number of aromatic nitrogens is 6. The fourth-order valence-electron chi connectivity index (χ4n) is 2.40. The zero-order chi connectivity index (χ0) is 14.4. The first-order valence-electron chi connectivity index (χ1n) is 6.72. The second-order valence-electron chi connectivity index (χ2n) is 5.14. The SMILES string of the molecule is O=c1[nH]c2ccccc2c(=O)n1Cc1nnnn1C1CC1. The number of aromatic amines is 1. The number of para-hydroxylation sites is 1.